The Morgan fingerprint density at radius 1 is 1.29 bits per heavy atom. The summed E-state index contributed by atoms with van der Waals surface area (Å²) < 4.78 is 13.8. The number of aliphatic imine (C=N–C) groups is 1. The van der Waals surface area contributed by atoms with Gasteiger partial charge in [0.05, 0.1) is 6.54 Å². The van der Waals surface area contributed by atoms with Gasteiger partial charge in [0, 0.05) is 25.2 Å². The van der Waals surface area contributed by atoms with Gasteiger partial charge in [-0.2, -0.15) is 0 Å². The molecule has 0 aromatic heterocycles. The van der Waals surface area contributed by atoms with Gasteiger partial charge in [-0.05, 0) is 37.7 Å². The lowest BCUT2D eigenvalue weighted by atomic mass is 9.82. The molecule has 1 aromatic rings. The second-order valence-corrected chi connectivity index (χ2v) is 6.94. The molecule has 1 aromatic carbocycles. The van der Waals surface area contributed by atoms with Gasteiger partial charge in [0.25, 0.3) is 0 Å². The van der Waals surface area contributed by atoms with Crippen LogP contribution in [0.5, 0.6) is 0 Å². The van der Waals surface area contributed by atoms with Crippen molar-refractivity contribution in [1.29, 1.82) is 0 Å². The molecule has 0 spiro atoms. The Labute approximate surface area is 143 Å². The lowest BCUT2D eigenvalue weighted by Gasteiger charge is -2.22. The highest BCUT2D eigenvalue weighted by atomic mass is 19.1. The maximum atomic E-state index is 13.8. The molecule has 2 aliphatic rings. The Morgan fingerprint density at radius 2 is 1.96 bits per heavy atom. The molecule has 0 radical (unpaired) electrons. The van der Waals surface area contributed by atoms with Crippen molar-refractivity contribution in [2.75, 3.05) is 26.2 Å². The van der Waals surface area contributed by atoms with Crippen molar-refractivity contribution in [3.63, 3.8) is 0 Å². The SMILES string of the molecule is CCNC(=NCC(O)c1ccccc1F)N1CC2CCCCC2C1. The first-order valence-electron chi connectivity index (χ1n) is 9.14. The summed E-state index contributed by atoms with van der Waals surface area (Å²) >= 11 is 0. The zero-order valence-electron chi connectivity index (χ0n) is 14.4. The standard InChI is InChI=1S/C19H28FN3O/c1-2-21-19(23-12-14-7-3-4-8-15(14)13-23)22-11-18(24)16-9-5-6-10-17(16)20/h5-6,9-10,14-15,18,24H,2-4,7-8,11-13H2,1H3,(H,21,22). The van der Waals surface area contributed by atoms with Gasteiger partial charge in [0.15, 0.2) is 5.96 Å². The van der Waals surface area contributed by atoms with Crippen molar-refractivity contribution in [2.24, 2.45) is 16.8 Å². The van der Waals surface area contributed by atoms with Crippen LogP contribution in [0, 0.1) is 17.7 Å². The number of aliphatic hydroxyl groups excluding tert-OH is 1. The third kappa shape index (κ3) is 3.89. The zero-order valence-corrected chi connectivity index (χ0v) is 14.4. The molecular weight excluding hydrogens is 305 g/mol. The van der Waals surface area contributed by atoms with Gasteiger partial charge in [0.2, 0.25) is 0 Å². The first kappa shape index (κ1) is 17.2. The molecule has 24 heavy (non-hydrogen) atoms. The van der Waals surface area contributed by atoms with Crippen LogP contribution < -0.4 is 5.32 Å². The maximum absolute atomic E-state index is 13.8. The smallest absolute Gasteiger partial charge is 0.194 e. The van der Waals surface area contributed by atoms with E-state index in [1.807, 2.05) is 6.92 Å². The molecule has 5 heteroatoms. The number of halogens is 1. The molecule has 0 amide bonds. The van der Waals surface area contributed by atoms with E-state index < -0.39 is 6.10 Å². The normalized spacial score (nSPS) is 25.5. The Morgan fingerprint density at radius 3 is 2.58 bits per heavy atom. The van der Waals surface area contributed by atoms with E-state index in [1.165, 1.54) is 31.7 Å². The topological polar surface area (TPSA) is 47.9 Å². The summed E-state index contributed by atoms with van der Waals surface area (Å²) in [4.78, 5) is 6.90. The average Bonchev–Trinajstić information content (AvgIpc) is 3.02. The monoisotopic (exact) mass is 333 g/mol. The second kappa shape index (κ2) is 7.97. The van der Waals surface area contributed by atoms with Crippen molar-refractivity contribution in [3.05, 3.63) is 35.6 Å². The number of fused-ring (bicyclic) bond motifs is 1. The Hall–Kier alpha value is -1.62. The fourth-order valence-corrected chi connectivity index (χ4v) is 4.02. The van der Waals surface area contributed by atoms with Crippen molar-refractivity contribution in [3.8, 4) is 0 Å². The minimum Gasteiger partial charge on any atom is -0.386 e. The van der Waals surface area contributed by atoms with Gasteiger partial charge in [-0.25, -0.2) is 4.39 Å². The van der Waals surface area contributed by atoms with Crippen LogP contribution in [0.2, 0.25) is 0 Å². The Balaban J connectivity index is 1.66. The van der Waals surface area contributed by atoms with Gasteiger partial charge in [-0.15, -0.1) is 0 Å². The van der Waals surface area contributed by atoms with Crippen LogP contribution >= 0.6 is 0 Å². The number of hydrogen-bond donors (Lipinski definition) is 2. The minimum atomic E-state index is -0.912. The molecule has 3 atom stereocenters. The van der Waals surface area contributed by atoms with Gasteiger partial charge < -0.3 is 15.3 Å². The van der Waals surface area contributed by atoms with E-state index in [9.17, 15) is 9.50 Å². The van der Waals surface area contributed by atoms with E-state index in [-0.39, 0.29) is 12.4 Å². The lowest BCUT2D eigenvalue weighted by molar-refractivity contribution is 0.181. The lowest BCUT2D eigenvalue weighted by Crippen LogP contribution is -2.40. The summed E-state index contributed by atoms with van der Waals surface area (Å²) in [7, 11) is 0. The number of aliphatic hydroxyl groups is 1. The van der Waals surface area contributed by atoms with Crippen LogP contribution in [0.1, 0.15) is 44.3 Å². The fraction of sp³-hybridized carbons (Fsp3) is 0.632. The number of likely N-dealkylation sites (tertiary alicyclic amines) is 1. The van der Waals surface area contributed by atoms with E-state index in [0.29, 0.717) is 5.56 Å². The van der Waals surface area contributed by atoms with Gasteiger partial charge in [-0.1, -0.05) is 31.0 Å². The zero-order chi connectivity index (χ0) is 16.9. The molecule has 4 nitrogen and oxygen atoms in total. The third-order valence-electron chi connectivity index (χ3n) is 5.29. The van der Waals surface area contributed by atoms with E-state index in [0.717, 1.165) is 37.4 Å². The van der Waals surface area contributed by atoms with Crippen LogP contribution in [-0.4, -0.2) is 42.1 Å². The molecule has 1 aliphatic carbocycles. The summed E-state index contributed by atoms with van der Waals surface area (Å²) in [5.74, 6) is 2.03. The molecule has 1 saturated heterocycles. The van der Waals surface area contributed by atoms with Crippen molar-refractivity contribution in [1.82, 2.24) is 10.2 Å². The Kier molecular flexibility index (Phi) is 5.72. The average molecular weight is 333 g/mol. The van der Waals surface area contributed by atoms with Gasteiger partial charge in [0.1, 0.15) is 11.9 Å². The number of nitrogens with one attached hydrogen (secondary N) is 1. The number of benzene rings is 1. The molecule has 2 fully saturated rings. The van der Waals surface area contributed by atoms with Gasteiger partial charge in [-0.3, -0.25) is 4.99 Å². The van der Waals surface area contributed by atoms with Crippen LogP contribution in [0.4, 0.5) is 4.39 Å². The van der Waals surface area contributed by atoms with Crippen LogP contribution in [-0.2, 0) is 0 Å². The van der Waals surface area contributed by atoms with Crippen molar-refractivity contribution < 1.29 is 9.50 Å². The highest BCUT2D eigenvalue weighted by Crippen LogP contribution is 2.36. The van der Waals surface area contributed by atoms with Crippen LogP contribution in [0.15, 0.2) is 29.3 Å². The molecule has 132 valence electrons. The number of rotatable bonds is 4. The number of guanidine groups is 1. The van der Waals surface area contributed by atoms with Crippen molar-refractivity contribution >= 4 is 5.96 Å². The summed E-state index contributed by atoms with van der Waals surface area (Å²) in [6.07, 6.45) is 4.41. The van der Waals surface area contributed by atoms with Crippen LogP contribution in [0.3, 0.4) is 0 Å². The molecule has 1 heterocycles. The second-order valence-electron chi connectivity index (χ2n) is 6.94. The van der Waals surface area contributed by atoms with Crippen molar-refractivity contribution in [2.45, 2.75) is 38.7 Å². The fourth-order valence-electron chi connectivity index (χ4n) is 4.02. The summed E-state index contributed by atoms with van der Waals surface area (Å²) in [6.45, 7) is 5.11. The summed E-state index contributed by atoms with van der Waals surface area (Å²) in [5.41, 5.74) is 0.312. The molecule has 0 bridgehead atoms. The van der Waals surface area contributed by atoms with E-state index in [4.69, 9.17) is 0 Å². The van der Waals surface area contributed by atoms with Crippen LogP contribution in [0.25, 0.3) is 0 Å². The maximum Gasteiger partial charge on any atom is 0.194 e. The highest BCUT2D eigenvalue weighted by Gasteiger charge is 2.35. The highest BCUT2D eigenvalue weighted by molar-refractivity contribution is 5.80. The predicted molar refractivity (Wildman–Crippen MR) is 94.4 cm³/mol. The van der Waals surface area contributed by atoms with E-state index >= 15 is 0 Å². The summed E-state index contributed by atoms with van der Waals surface area (Å²) in [5, 5.41) is 13.6. The van der Waals surface area contributed by atoms with E-state index in [1.54, 1.807) is 18.2 Å². The molecule has 3 rings (SSSR count). The third-order valence-corrected chi connectivity index (χ3v) is 5.29. The van der Waals surface area contributed by atoms with Gasteiger partial charge >= 0.3 is 0 Å². The summed E-state index contributed by atoms with van der Waals surface area (Å²) in [6, 6.07) is 6.36. The minimum absolute atomic E-state index is 0.176. The first-order valence-corrected chi connectivity index (χ1v) is 9.14. The molecule has 1 saturated carbocycles. The largest absolute Gasteiger partial charge is 0.386 e. The Bertz CT molecular complexity index is 563. The first-order chi connectivity index (χ1) is 11.7. The molecule has 2 N–H and O–H groups in total. The quantitative estimate of drug-likeness (QED) is 0.658. The number of hydrogen-bond acceptors (Lipinski definition) is 2. The number of nitrogens with zero attached hydrogens (tertiary/aromatic N) is 2. The molecule has 3 unspecified atom stereocenters. The molecular formula is C19H28FN3O. The van der Waals surface area contributed by atoms with E-state index in [2.05, 4.69) is 15.2 Å². The molecule has 1 aliphatic heterocycles. The predicted octanol–water partition coefficient (Wildman–Crippen LogP) is 2.95.